The van der Waals surface area contributed by atoms with E-state index in [-0.39, 0.29) is 10.2 Å². The van der Waals surface area contributed by atoms with Crippen LogP contribution in [-0.4, -0.2) is 39.9 Å². The van der Waals surface area contributed by atoms with Crippen LogP contribution >= 0.6 is 24.0 Å². The minimum atomic E-state index is -1.09. The number of carboxylic acids is 1. The molecule has 1 aliphatic heterocycles. The number of carbonyl (C=O) groups excluding carboxylic acids is 1. The number of methoxy groups -OCH3 is 1. The Kier molecular flexibility index (Phi) is 4.64. The number of nitrogens with zero attached hydrogens (tertiary/aromatic N) is 1. The number of aliphatic carboxylic acids is 1. The molecule has 0 unspecified atom stereocenters. The van der Waals surface area contributed by atoms with Gasteiger partial charge in [0.05, 0.1) is 12.0 Å². The number of allylic oxidation sites excluding steroid dienone is 1. The van der Waals surface area contributed by atoms with Gasteiger partial charge in [0.25, 0.3) is 5.91 Å². The van der Waals surface area contributed by atoms with E-state index in [9.17, 15) is 9.59 Å². The Labute approximate surface area is 131 Å². The smallest absolute Gasteiger partial charge is 0.323 e. The molecule has 1 fully saturated rings. The van der Waals surface area contributed by atoms with E-state index in [2.05, 4.69) is 0 Å². The molecule has 1 heterocycles. The zero-order valence-corrected chi connectivity index (χ0v) is 13.1. The summed E-state index contributed by atoms with van der Waals surface area (Å²) in [7, 11) is 1.58. The summed E-state index contributed by atoms with van der Waals surface area (Å²) in [6, 6.07) is 7.30. The van der Waals surface area contributed by atoms with Crippen molar-refractivity contribution in [3.8, 4) is 5.75 Å². The summed E-state index contributed by atoms with van der Waals surface area (Å²) >= 11 is 6.20. The molecule has 1 amide bonds. The molecule has 110 valence electrons. The molecule has 5 nitrogen and oxygen atoms in total. The van der Waals surface area contributed by atoms with E-state index in [0.717, 1.165) is 33.5 Å². The highest BCUT2D eigenvalue weighted by Crippen LogP contribution is 2.36. The summed E-state index contributed by atoms with van der Waals surface area (Å²) in [5.74, 6) is -0.722. The fourth-order valence-electron chi connectivity index (χ4n) is 1.87. The van der Waals surface area contributed by atoms with Crippen LogP contribution in [0.2, 0.25) is 0 Å². The van der Waals surface area contributed by atoms with Crippen molar-refractivity contribution in [2.75, 3.05) is 13.7 Å². The predicted molar refractivity (Wildman–Crippen MR) is 85.1 cm³/mol. The van der Waals surface area contributed by atoms with Crippen LogP contribution in [0.25, 0.3) is 5.57 Å². The molecular formula is C14H13NO4S2. The maximum absolute atomic E-state index is 12.3. The standard InChI is InChI=1S/C14H13NO4S2/c1-8(9-3-5-10(19-2)6-4-9)12-13(18)15(7-11(16)17)14(20)21-12/h3-6H,7H2,1-2H3,(H,16,17)/b12-8+. The van der Waals surface area contributed by atoms with Crippen LogP contribution in [0, 0.1) is 0 Å². The van der Waals surface area contributed by atoms with Gasteiger partial charge in [-0.05, 0) is 30.2 Å². The SMILES string of the molecule is COc1ccc(/C(C)=C2/SC(=S)N(CC(=O)O)C2=O)cc1. The number of thioether (sulfide) groups is 1. The average molecular weight is 323 g/mol. The fourth-order valence-corrected chi connectivity index (χ4v) is 3.17. The minimum Gasteiger partial charge on any atom is -0.497 e. The fraction of sp³-hybridized carbons (Fsp3) is 0.214. The third-order valence-corrected chi connectivity index (χ3v) is 4.56. The molecule has 21 heavy (non-hydrogen) atoms. The van der Waals surface area contributed by atoms with Crippen molar-refractivity contribution in [1.82, 2.24) is 4.90 Å². The number of carbonyl (C=O) groups is 2. The first-order valence-electron chi connectivity index (χ1n) is 6.04. The molecule has 1 aromatic rings. The van der Waals surface area contributed by atoms with E-state index in [1.165, 1.54) is 0 Å². The lowest BCUT2D eigenvalue weighted by molar-refractivity contribution is -0.140. The quantitative estimate of drug-likeness (QED) is 0.678. The second-order valence-corrected chi connectivity index (χ2v) is 5.98. The minimum absolute atomic E-state index is 0.269. The van der Waals surface area contributed by atoms with Crippen molar-refractivity contribution in [2.24, 2.45) is 0 Å². The Morgan fingerprint density at radius 3 is 2.52 bits per heavy atom. The first kappa shape index (κ1) is 15.5. The predicted octanol–water partition coefficient (Wildman–Crippen LogP) is 2.37. The highest BCUT2D eigenvalue weighted by Gasteiger charge is 2.34. The second kappa shape index (κ2) is 6.28. The highest BCUT2D eigenvalue weighted by atomic mass is 32.2. The van der Waals surface area contributed by atoms with Crippen LogP contribution < -0.4 is 4.74 Å². The van der Waals surface area contributed by atoms with Crippen molar-refractivity contribution in [3.63, 3.8) is 0 Å². The first-order chi connectivity index (χ1) is 9.93. The molecule has 1 N–H and O–H groups in total. The summed E-state index contributed by atoms with van der Waals surface area (Å²) in [6.45, 7) is 1.40. The lowest BCUT2D eigenvalue weighted by Gasteiger charge is -2.11. The van der Waals surface area contributed by atoms with E-state index in [0.29, 0.717) is 4.91 Å². The number of hydrogen-bond acceptors (Lipinski definition) is 5. The summed E-state index contributed by atoms with van der Waals surface area (Å²) < 4.78 is 5.36. The Bertz CT molecular complexity index is 637. The van der Waals surface area contributed by atoms with E-state index in [4.69, 9.17) is 22.1 Å². The number of thiocarbonyl (C=S) groups is 1. The maximum Gasteiger partial charge on any atom is 0.323 e. The van der Waals surface area contributed by atoms with Gasteiger partial charge in [-0.3, -0.25) is 14.5 Å². The van der Waals surface area contributed by atoms with Gasteiger partial charge in [0.2, 0.25) is 0 Å². The molecule has 0 atom stereocenters. The zero-order valence-electron chi connectivity index (χ0n) is 11.5. The van der Waals surface area contributed by atoms with E-state index in [1.54, 1.807) is 19.2 Å². The van der Waals surface area contributed by atoms with Crippen LogP contribution in [-0.2, 0) is 9.59 Å². The molecule has 1 aliphatic rings. The van der Waals surface area contributed by atoms with Gasteiger partial charge in [-0.1, -0.05) is 36.1 Å². The number of ether oxygens (including phenoxy) is 1. The Morgan fingerprint density at radius 2 is 2.00 bits per heavy atom. The monoisotopic (exact) mass is 323 g/mol. The molecule has 0 radical (unpaired) electrons. The van der Waals surface area contributed by atoms with Crippen molar-refractivity contribution in [1.29, 1.82) is 0 Å². The molecule has 0 bridgehead atoms. The second-order valence-electron chi connectivity index (χ2n) is 4.34. The molecule has 0 aromatic heterocycles. The van der Waals surface area contributed by atoms with E-state index >= 15 is 0 Å². The topological polar surface area (TPSA) is 66.8 Å². The van der Waals surface area contributed by atoms with E-state index in [1.807, 2.05) is 19.1 Å². The summed E-state index contributed by atoms with van der Waals surface area (Å²) in [4.78, 5) is 24.6. The molecule has 2 rings (SSSR count). The van der Waals surface area contributed by atoms with Crippen LogP contribution in [0.15, 0.2) is 29.2 Å². The largest absolute Gasteiger partial charge is 0.497 e. The summed E-state index contributed by atoms with van der Waals surface area (Å²) in [5.41, 5.74) is 1.63. The van der Waals surface area contributed by atoms with E-state index < -0.39 is 12.5 Å². The third-order valence-electron chi connectivity index (χ3n) is 3.01. The molecule has 1 aromatic carbocycles. The number of amides is 1. The van der Waals surface area contributed by atoms with Gasteiger partial charge >= 0.3 is 5.97 Å². The van der Waals surface area contributed by atoms with Crippen molar-refractivity contribution in [2.45, 2.75) is 6.92 Å². The normalized spacial score (nSPS) is 17.1. The van der Waals surface area contributed by atoms with Crippen LogP contribution in [0.3, 0.4) is 0 Å². The number of rotatable bonds is 4. The van der Waals surface area contributed by atoms with Crippen molar-refractivity contribution in [3.05, 3.63) is 34.7 Å². The average Bonchev–Trinajstić information content (AvgIpc) is 2.74. The van der Waals surface area contributed by atoms with Gasteiger partial charge in [0.1, 0.15) is 16.6 Å². The van der Waals surface area contributed by atoms with Crippen molar-refractivity contribution < 1.29 is 19.4 Å². The van der Waals surface area contributed by atoms with Gasteiger partial charge in [-0.2, -0.15) is 0 Å². The molecule has 1 saturated heterocycles. The lowest BCUT2D eigenvalue weighted by atomic mass is 10.1. The molecule has 0 aliphatic carbocycles. The third kappa shape index (κ3) is 3.25. The Morgan fingerprint density at radius 1 is 1.38 bits per heavy atom. The summed E-state index contributed by atoms with van der Waals surface area (Å²) in [5, 5.41) is 8.82. The number of carboxylic acid groups (broad SMARTS) is 1. The van der Waals surface area contributed by atoms with Gasteiger partial charge in [0.15, 0.2) is 0 Å². The van der Waals surface area contributed by atoms with Crippen LogP contribution in [0.5, 0.6) is 5.75 Å². The van der Waals surface area contributed by atoms with Gasteiger partial charge in [-0.15, -0.1) is 0 Å². The van der Waals surface area contributed by atoms with Crippen LogP contribution in [0.4, 0.5) is 0 Å². The number of hydrogen-bond donors (Lipinski definition) is 1. The number of benzene rings is 1. The van der Waals surface area contributed by atoms with Crippen LogP contribution in [0.1, 0.15) is 12.5 Å². The Balaban J connectivity index is 2.32. The zero-order chi connectivity index (χ0) is 15.6. The maximum atomic E-state index is 12.3. The molecule has 7 heteroatoms. The molecule has 0 saturated carbocycles. The van der Waals surface area contributed by atoms with Crippen molar-refractivity contribution >= 4 is 45.7 Å². The molecular weight excluding hydrogens is 310 g/mol. The van der Waals surface area contributed by atoms with Gasteiger partial charge < -0.3 is 9.84 Å². The highest BCUT2D eigenvalue weighted by molar-refractivity contribution is 8.26. The first-order valence-corrected chi connectivity index (χ1v) is 7.27. The summed E-state index contributed by atoms with van der Waals surface area (Å²) in [6.07, 6.45) is 0. The Hall–Kier alpha value is -1.86. The lowest BCUT2D eigenvalue weighted by Crippen LogP contribution is -2.33. The van der Waals surface area contributed by atoms with Gasteiger partial charge in [0, 0.05) is 0 Å². The molecule has 0 spiro atoms. The van der Waals surface area contributed by atoms with Gasteiger partial charge in [-0.25, -0.2) is 0 Å².